The topological polar surface area (TPSA) is 29.5 Å². The maximum atomic E-state index is 12.2. The van der Waals surface area contributed by atoms with Gasteiger partial charge < -0.3 is 22.6 Å². The molecule has 0 atom stereocenters. The minimum Gasteiger partial charge on any atom is -0.460 e. The lowest BCUT2D eigenvalue weighted by Gasteiger charge is -2.34. The first-order valence-corrected chi connectivity index (χ1v) is 6.23. The van der Waals surface area contributed by atoms with Crippen LogP contribution in [0.15, 0.2) is 0 Å². The van der Waals surface area contributed by atoms with E-state index in [0.717, 1.165) is 0 Å². The number of rotatable bonds is 3. The van der Waals surface area contributed by atoms with Crippen molar-refractivity contribution in [2.45, 2.75) is 39.2 Å². The minimum atomic E-state index is -4.78. The van der Waals surface area contributed by atoms with E-state index in [1.165, 1.54) is 4.90 Å². The third kappa shape index (κ3) is 5.75. The fourth-order valence-electron chi connectivity index (χ4n) is 2.03. The van der Waals surface area contributed by atoms with E-state index in [-0.39, 0.29) is 11.9 Å². The van der Waals surface area contributed by atoms with Crippen LogP contribution in [0.3, 0.4) is 0 Å². The van der Waals surface area contributed by atoms with E-state index in [9.17, 15) is 17.7 Å². The number of hydrogen-bond acceptors (Lipinski definition) is 3. The molecule has 0 aromatic carbocycles. The number of nitrogens with zero attached hydrogens (tertiary/aromatic N) is 1. The molecule has 0 saturated carbocycles. The van der Waals surface area contributed by atoms with Gasteiger partial charge in [0.25, 0.3) is 0 Å². The van der Waals surface area contributed by atoms with Crippen LogP contribution in [0, 0.1) is 5.92 Å². The van der Waals surface area contributed by atoms with Crippen LogP contribution >= 0.6 is 0 Å². The first-order valence-electron chi connectivity index (χ1n) is 6.23. The zero-order valence-electron chi connectivity index (χ0n) is 11.1. The summed E-state index contributed by atoms with van der Waals surface area (Å²) in [6, 6.07) is 0. The molecule has 106 valence electrons. The van der Waals surface area contributed by atoms with Crippen LogP contribution in [0.25, 0.3) is 0 Å². The highest BCUT2D eigenvalue weighted by molar-refractivity contribution is 6.58. The Bertz CT molecular complexity index is 294. The van der Waals surface area contributed by atoms with Gasteiger partial charge in [0.1, 0.15) is 5.60 Å². The number of likely N-dealkylation sites (tertiary alicyclic amines) is 1. The zero-order chi connectivity index (χ0) is 14.0. The Balaban J connectivity index is 2.37. The van der Waals surface area contributed by atoms with Crippen molar-refractivity contribution in [3.05, 3.63) is 0 Å². The number of ether oxygens (including phenoxy) is 1. The largest absolute Gasteiger partial charge is 0.492 e. The molecule has 0 aromatic rings. The molecule has 0 amide bonds. The third-order valence-electron chi connectivity index (χ3n) is 2.79. The second kappa shape index (κ2) is 5.51. The van der Waals surface area contributed by atoms with Gasteiger partial charge in [-0.15, -0.1) is 0 Å². The van der Waals surface area contributed by atoms with Crippen molar-refractivity contribution in [1.29, 1.82) is 0 Å². The van der Waals surface area contributed by atoms with E-state index in [0.29, 0.717) is 25.9 Å². The average molecular weight is 266 g/mol. The van der Waals surface area contributed by atoms with E-state index in [2.05, 4.69) is 0 Å². The highest BCUT2D eigenvalue weighted by Crippen LogP contribution is 2.23. The second-order valence-corrected chi connectivity index (χ2v) is 5.82. The summed E-state index contributed by atoms with van der Waals surface area (Å²) in [5.74, 6) is -0.555. The highest BCUT2D eigenvalue weighted by atomic mass is 19.4. The van der Waals surface area contributed by atoms with Gasteiger partial charge in [-0.3, -0.25) is 4.79 Å². The Kier molecular flexibility index (Phi) is 4.69. The smallest absolute Gasteiger partial charge is 0.460 e. The summed E-state index contributed by atoms with van der Waals surface area (Å²) in [6.45, 7) is 1.20. The van der Waals surface area contributed by atoms with Crippen molar-refractivity contribution >= 4 is 12.9 Å². The van der Waals surface area contributed by atoms with Crippen molar-refractivity contribution < 1.29 is 22.5 Å². The number of halogens is 3. The molecule has 0 bridgehead atoms. The Hall–Kier alpha value is -0.715. The van der Waals surface area contributed by atoms with Crippen LogP contribution in [0.2, 0.25) is 0 Å². The second-order valence-electron chi connectivity index (χ2n) is 5.82. The molecule has 1 aliphatic rings. The molecule has 1 fully saturated rings. The summed E-state index contributed by atoms with van der Waals surface area (Å²) in [7, 11) is 0. The van der Waals surface area contributed by atoms with Crippen molar-refractivity contribution in [2.75, 3.05) is 19.5 Å². The molecule has 0 N–H and O–H groups in total. The van der Waals surface area contributed by atoms with Crippen LogP contribution < -0.4 is 0 Å². The summed E-state index contributed by atoms with van der Waals surface area (Å²) >= 11 is 0. The summed E-state index contributed by atoms with van der Waals surface area (Å²) in [4.78, 5) is 13.1. The average Bonchev–Trinajstić information content (AvgIpc) is 2.13. The molecule has 7 heteroatoms. The SMILES string of the molecule is CC(C)(C)OC(=O)C1CCN(C[B-](F)(F)F)CC1. The molecule has 1 heterocycles. The number of carbonyl (C=O) groups is 1. The Morgan fingerprint density at radius 3 is 2.17 bits per heavy atom. The predicted molar refractivity (Wildman–Crippen MR) is 64.1 cm³/mol. The van der Waals surface area contributed by atoms with Crippen LogP contribution in [-0.2, 0) is 9.53 Å². The summed E-state index contributed by atoms with van der Waals surface area (Å²) in [5, 5.41) is 0. The maximum absolute atomic E-state index is 12.2. The van der Waals surface area contributed by atoms with Gasteiger partial charge in [-0.05, 0) is 53.1 Å². The highest BCUT2D eigenvalue weighted by Gasteiger charge is 2.32. The van der Waals surface area contributed by atoms with Crippen LogP contribution in [0.5, 0.6) is 0 Å². The Morgan fingerprint density at radius 2 is 1.78 bits per heavy atom. The van der Waals surface area contributed by atoms with Crippen molar-refractivity contribution in [3.8, 4) is 0 Å². The first-order chi connectivity index (χ1) is 8.07. The number of esters is 1. The predicted octanol–water partition coefficient (Wildman–Crippen LogP) is 2.43. The van der Waals surface area contributed by atoms with E-state index in [1.807, 2.05) is 0 Å². The lowest BCUT2D eigenvalue weighted by Crippen LogP contribution is -2.44. The van der Waals surface area contributed by atoms with Crippen molar-refractivity contribution in [1.82, 2.24) is 4.90 Å². The van der Waals surface area contributed by atoms with Crippen LogP contribution in [0.4, 0.5) is 12.9 Å². The van der Waals surface area contributed by atoms with Gasteiger partial charge >= 0.3 is 12.9 Å². The normalized spacial score (nSPS) is 19.9. The van der Waals surface area contributed by atoms with E-state index in [4.69, 9.17) is 4.74 Å². The molecule has 0 aliphatic carbocycles. The standard InChI is InChI=1S/C11H20BF3NO2/c1-11(2,3)18-10(17)9-4-6-16(7-5-9)8-12(13,14)15/h9H,4-8H2,1-3H3/q-1. The molecule has 0 aromatic heterocycles. The van der Waals surface area contributed by atoms with Gasteiger partial charge in [-0.25, -0.2) is 0 Å². The van der Waals surface area contributed by atoms with Gasteiger partial charge in [0.15, 0.2) is 0 Å². The lowest BCUT2D eigenvalue weighted by molar-refractivity contribution is -0.161. The quantitative estimate of drug-likeness (QED) is 0.580. The lowest BCUT2D eigenvalue weighted by atomic mass is 9.88. The summed E-state index contributed by atoms with van der Waals surface area (Å²) in [5.41, 5.74) is -0.538. The van der Waals surface area contributed by atoms with Crippen molar-refractivity contribution in [3.63, 3.8) is 0 Å². The maximum Gasteiger partial charge on any atom is 0.492 e. The Morgan fingerprint density at radius 1 is 1.28 bits per heavy atom. The molecule has 0 unspecified atom stereocenters. The van der Waals surface area contributed by atoms with Crippen molar-refractivity contribution in [2.24, 2.45) is 5.92 Å². The number of carbonyl (C=O) groups excluding carboxylic acids is 1. The van der Waals surface area contributed by atoms with Crippen LogP contribution in [-0.4, -0.2) is 43.0 Å². The Labute approximate surface area is 106 Å². The van der Waals surface area contributed by atoms with Gasteiger partial charge in [0.2, 0.25) is 0 Å². The zero-order valence-corrected chi connectivity index (χ0v) is 11.1. The van der Waals surface area contributed by atoms with Gasteiger partial charge in [0, 0.05) is 0 Å². The van der Waals surface area contributed by atoms with Crippen LogP contribution in [0.1, 0.15) is 33.6 Å². The minimum absolute atomic E-state index is 0.263. The number of hydrogen-bond donors (Lipinski definition) is 0. The van der Waals surface area contributed by atoms with E-state index < -0.39 is 19.0 Å². The fraction of sp³-hybridized carbons (Fsp3) is 0.909. The molecule has 0 spiro atoms. The third-order valence-corrected chi connectivity index (χ3v) is 2.79. The molecule has 0 radical (unpaired) electrons. The molecule has 1 saturated heterocycles. The monoisotopic (exact) mass is 266 g/mol. The molecule has 18 heavy (non-hydrogen) atoms. The van der Waals surface area contributed by atoms with E-state index in [1.54, 1.807) is 20.8 Å². The van der Waals surface area contributed by atoms with Gasteiger partial charge in [0.05, 0.1) is 5.92 Å². The molecule has 3 nitrogen and oxygen atoms in total. The van der Waals surface area contributed by atoms with E-state index >= 15 is 0 Å². The molecule has 1 aliphatic heterocycles. The number of piperidine rings is 1. The molecule has 1 rings (SSSR count). The summed E-state index contributed by atoms with van der Waals surface area (Å²) in [6.07, 6.45) is 0.0587. The fourth-order valence-corrected chi connectivity index (χ4v) is 2.03. The first kappa shape index (κ1) is 15.3. The molecular formula is C11H20BF3NO2-. The van der Waals surface area contributed by atoms with Gasteiger partial charge in [-0.1, -0.05) is 0 Å². The molecular weight excluding hydrogens is 246 g/mol. The van der Waals surface area contributed by atoms with Gasteiger partial charge in [-0.2, -0.15) is 0 Å². The summed E-state index contributed by atoms with van der Waals surface area (Å²) < 4.78 is 42.0.